The molecule has 0 fully saturated rings. The lowest BCUT2D eigenvalue weighted by Crippen LogP contribution is -2.47. The molecular formula is C18H21NO. The maximum Gasteiger partial charge on any atom is 0.154 e. The van der Waals surface area contributed by atoms with Gasteiger partial charge >= 0.3 is 0 Å². The van der Waals surface area contributed by atoms with Crippen LogP contribution in [0.2, 0.25) is 0 Å². The summed E-state index contributed by atoms with van der Waals surface area (Å²) in [4.78, 5) is 12.3. The van der Waals surface area contributed by atoms with Crippen LogP contribution in [0.1, 0.15) is 31.4 Å². The molecule has 0 unspecified atom stereocenters. The van der Waals surface area contributed by atoms with Crippen LogP contribution >= 0.6 is 0 Å². The zero-order chi connectivity index (χ0) is 14.4. The van der Waals surface area contributed by atoms with E-state index in [1.807, 2.05) is 55.5 Å². The summed E-state index contributed by atoms with van der Waals surface area (Å²) in [5.74, 6) is 0.155. The Labute approximate surface area is 120 Å². The van der Waals surface area contributed by atoms with E-state index in [0.29, 0.717) is 6.54 Å². The Morgan fingerprint density at radius 1 is 1.00 bits per heavy atom. The summed E-state index contributed by atoms with van der Waals surface area (Å²) in [5, 5.41) is 3.47. The van der Waals surface area contributed by atoms with Crippen molar-refractivity contribution in [3.8, 4) is 0 Å². The number of ketones is 1. The Morgan fingerprint density at radius 2 is 1.55 bits per heavy atom. The van der Waals surface area contributed by atoms with Crippen molar-refractivity contribution in [1.82, 2.24) is 5.32 Å². The van der Waals surface area contributed by atoms with Crippen LogP contribution in [-0.2, 0) is 16.9 Å². The second-order valence-electron chi connectivity index (χ2n) is 5.02. The molecular weight excluding hydrogens is 246 g/mol. The van der Waals surface area contributed by atoms with E-state index in [0.717, 1.165) is 12.0 Å². The molecule has 0 saturated carbocycles. The van der Waals surface area contributed by atoms with Crippen molar-refractivity contribution in [3.05, 3.63) is 71.8 Å². The summed E-state index contributed by atoms with van der Waals surface area (Å²) in [6, 6.07) is 20.1. The maximum atomic E-state index is 12.3. The van der Waals surface area contributed by atoms with E-state index in [1.165, 1.54) is 5.56 Å². The van der Waals surface area contributed by atoms with Crippen LogP contribution in [0.15, 0.2) is 60.7 Å². The van der Waals surface area contributed by atoms with E-state index < -0.39 is 5.54 Å². The fourth-order valence-corrected chi connectivity index (χ4v) is 2.58. The van der Waals surface area contributed by atoms with Crippen LogP contribution in [0.3, 0.4) is 0 Å². The highest BCUT2D eigenvalue weighted by atomic mass is 16.1. The molecule has 2 nitrogen and oxygen atoms in total. The van der Waals surface area contributed by atoms with Crippen molar-refractivity contribution in [2.75, 3.05) is 0 Å². The summed E-state index contributed by atoms with van der Waals surface area (Å²) < 4.78 is 0. The highest BCUT2D eigenvalue weighted by molar-refractivity contribution is 5.87. The van der Waals surface area contributed by atoms with Gasteiger partial charge < -0.3 is 0 Å². The number of hydrogen-bond acceptors (Lipinski definition) is 2. The van der Waals surface area contributed by atoms with E-state index in [2.05, 4.69) is 17.4 Å². The molecule has 0 aliphatic rings. The van der Waals surface area contributed by atoms with Crippen LogP contribution in [0, 0.1) is 0 Å². The molecule has 2 aromatic rings. The Morgan fingerprint density at radius 3 is 2.05 bits per heavy atom. The van der Waals surface area contributed by atoms with Gasteiger partial charge in [0.1, 0.15) is 5.54 Å². The summed E-state index contributed by atoms with van der Waals surface area (Å²) in [7, 11) is 0. The first-order valence-corrected chi connectivity index (χ1v) is 7.04. The third kappa shape index (κ3) is 2.97. The average molecular weight is 267 g/mol. The lowest BCUT2D eigenvalue weighted by Gasteiger charge is -2.32. The van der Waals surface area contributed by atoms with Crippen molar-refractivity contribution in [2.24, 2.45) is 0 Å². The predicted octanol–water partition coefficient (Wildman–Crippen LogP) is 3.67. The molecule has 0 spiro atoms. The Bertz CT molecular complexity index is 550. The minimum atomic E-state index is -0.600. The molecule has 0 saturated heterocycles. The minimum Gasteiger partial charge on any atom is -0.298 e. The zero-order valence-electron chi connectivity index (χ0n) is 12.1. The first-order valence-electron chi connectivity index (χ1n) is 7.04. The van der Waals surface area contributed by atoms with E-state index >= 15 is 0 Å². The average Bonchev–Trinajstić information content (AvgIpc) is 2.50. The highest BCUT2D eigenvalue weighted by Gasteiger charge is 2.34. The topological polar surface area (TPSA) is 29.1 Å². The van der Waals surface area contributed by atoms with Gasteiger partial charge in [0.25, 0.3) is 0 Å². The molecule has 20 heavy (non-hydrogen) atoms. The molecule has 1 N–H and O–H groups in total. The van der Waals surface area contributed by atoms with Gasteiger partial charge in [-0.25, -0.2) is 0 Å². The van der Waals surface area contributed by atoms with Gasteiger partial charge in [-0.3, -0.25) is 10.1 Å². The lowest BCUT2D eigenvalue weighted by molar-refractivity contribution is -0.124. The van der Waals surface area contributed by atoms with Gasteiger partial charge in [-0.15, -0.1) is 0 Å². The smallest absolute Gasteiger partial charge is 0.154 e. The number of benzene rings is 2. The Balaban J connectivity index is 2.26. The number of carbonyl (C=O) groups is 1. The van der Waals surface area contributed by atoms with Gasteiger partial charge in [0.2, 0.25) is 0 Å². The summed E-state index contributed by atoms with van der Waals surface area (Å²) in [6.45, 7) is 4.39. The largest absolute Gasteiger partial charge is 0.298 e. The van der Waals surface area contributed by atoms with E-state index in [1.54, 1.807) is 6.92 Å². The number of hydrogen-bond donors (Lipinski definition) is 1. The van der Waals surface area contributed by atoms with E-state index in [4.69, 9.17) is 0 Å². The summed E-state index contributed by atoms with van der Waals surface area (Å²) in [6.07, 6.45) is 0.735. The standard InChI is InChI=1S/C18H21NO/c1-3-18(15(2)20,17-12-8-5-9-13-17)19-14-16-10-6-4-7-11-16/h4-13,19H,3,14H2,1-2H3/t18-/m0/s1. The van der Waals surface area contributed by atoms with Crippen LogP contribution in [-0.4, -0.2) is 5.78 Å². The summed E-state index contributed by atoms with van der Waals surface area (Å²) >= 11 is 0. The Kier molecular flexibility index (Phi) is 4.70. The SMILES string of the molecule is CC[C@](NCc1ccccc1)(C(C)=O)c1ccccc1. The van der Waals surface area contributed by atoms with Crippen LogP contribution in [0.5, 0.6) is 0 Å². The van der Waals surface area contributed by atoms with E-state index in [-0.39, 0.29) is 5.78 Å². The third-order valence-corrected chi connectivity index (χ3v) is 3.84. The fraction of sp³-hybridized carbons (Fsp3) is 0.278. The molecule has 104 valence electrons. The van der Waals surface area contributed by atoms with Crippen molar-refractivity contribution >= 4 is 5.78 Å². The normalized spacial score (nSPS) is 13.7. The molecule has 0 aromatic heterocycles. The number of rotatable bonds is 6. The number of nitrogens with one attached hydrogen (secondary N) is 1. The van der Waals surface area contributed by atoms with Gasteiger partial charge in [-0.2, -0.15) is 0 Å². The molecule has 0 bridgehead atoms. The monoisotopic (exact) mass is 267 g/mol. The predicted molar refractivity (Wildman–Crippen MR) is 82.4 cm³/mol. The molecule has 0 heterocycles. The first kappa shape index (κ1) is 14.5. The molecule has 2 rings (SSSR count). The number of Topliss-reactive ketones (excluding diaryl/α,β-unsaturated/α-hetero) is 1. The van der Waals surface area contributed by atoms with Gasteiger partial charge in [0, 0.05) is 6.54 Å². The van der Waals surface area contributed by atoms with Gasteiger partial charge in [-0.05, 0) is 24.5 Å². The zero-order valence-corrected chi connectivity index (χ0v) is 12.1. The first-order chi connectivity index (χ1) is 9.69. The lowest BCUT2D eigenvalue weighted by atomic mass is 9.83. The fourth-order valence-electron chi connectivity index (χ4n) is 2.58. The molecule has 1 atom stereocenters. The van der Waals surface area contributed by atoms with Crippen molar-refractivity contribution in [1.29, 1.82) is 0 Å². The maximum absolute atomic E-state index is 12.3. The minimum absolute atomic E-state index is 0.155. The quantitative estimate of drug-likeness (QED) is 0.865. The molecule has 0 aliphatic heterocycles. The van der Waals surface area contributed by atoms with Crippen LogP contribution in [0.4, 0.5) is 0 Å². The highest BCUT2D eigenvalue weighted by Crippen LogP contribution is 2.26. The van der Waals surface area contributed by atoms with Crippen molar-refractivity contribution in [3.63, 3.8) is 0 Å². The van der Waals surface area contributed by atoms with Gasteiger partial charge in [-0.1, -0.05) is 67.6 Å². The van der Waals surface area contributed by atoms with Crippen LogP contribution < -0.4 is 5.32 Å². The van der Waals surface area contributed by atoms with Crippen LogP contribution in [0.25, 0.3) is 0 Å². The van der Waals surface area contributed by atoms with Crippen molar-refractivity contribution in [2.45, 2.75) is 32.4 Å². The van der Waals surface area contributed by atoms with Gasteiger partial charge in [0.15, 0.2) is 5.78 Å². The molecule has 0 aliphatic carbocycles. The van der Waals surface area contributed by atoms with E-state index in [9.17, 15) is 4.79 Å². The molecule has 0 amide bonds. The molecule has 2 aromatic carbocycles. The number of carbonyl (C=O) groups excluding carboxylic acids is 1. The third-order valence-electron chi connectivity index (χ3n) is 3.84. The Hall–Kier alpha value is -1.93. The van der Waals surface area contributed by atoms with Gasteiger partial charge in [0.05, 0.1) is 0 Å². The molecule has 0 radical (unpaired) electrons. The summed E-state index contributed by atoms with van der Waals surface area (Å²) in [5.41, 5.74) is 1.62. The second-order valence-corrected chi connectivity index (χ2v) is 5.02. The molecule has 2 heteroatoms. The van der Waals surface area contributed by atoms with Crippen molar-refractivity contribution < 1.29 is 4.79 Å². The second kappa shape index (κ2) is 6.49.